The molecule has 12 nitrogen and oxygen atoms in total. The van der Waals surface area contributed by atoms with Crippen LogP contribution in [0.4, 0.5) is 29.7 Å². The second-order valence-electron chi connectivity index (χ2n) is 9.75. The van der Waals surface area contributed by atoms with E-state index in [1.165, 1.54) is 9.80 Å². The van der Waals surface area contributed by atoms with Crippen molar-refractivity contribution in [1.29, 1.82) is 0 Å². The summed E-state index contributed by atoms with van der Waals surface area (Å²) in [5, 5.41) is 5.08. The molecule has 3 heterocycles. The Bertz CT molecular complexity index is 1190. The molecule has 1 atom stereocenters. The number of aliphatic imine (C=N–C) groups is 1. The van der Waals surface area contributed by atoms with Crippen LogP contribution in [0.5, 0.6) is 0 Å². The maximum Gasteiger partial charge on any atom is 0.414 e. The smallest absolute Gasteiger partial charge is 0.414 e. The van der Waals surface area contributed by atoms with Crippen molar-refractivity contribution in [3.63, 3.8) is 0 Å². The number of carbonyl (C=O) groups is 4. The van der Waals surface area contributed by atoms with Gasteiger partial charge < -0.3 is 29.9 Å². The average molecular weight is 563 g/mol. The monoisotopic (exact) mass is 562 g/mol. The minimum Gasteiger partial charge on any atom is -0.447 e. The first-order valence-electron chi connectivity index (χ1n) is 13.0. The summed E-state index contributed by atoms with van der Waals surface area (Å²) in [5.41, 5.74) is 0.241. The Kier molecular flexibility index (Phi) is 9.17. The van der Waals surface area contributed by atoms with Gasteiger partial charge in [0.15, 0.2) is 11.6 Å². The summed E-state index contributed by atoms with van der Waals surface area (Å²) in [7, 11) is 0. The molecule has 3 aliphatic rings. The summed E-state index contributed by atoms with van der Waals surface area (Å²) < 4.78 is 40.4. The molecule has 0 radical (unpaired) electrons. The Morgan fingerprint density at radius 3 is 2.45 bits per heavy atom. The van der Waals surface area contributed by atoms with Crippen molar-refractivity contribution in [2.24, 2.45) is 4.99 Å². The van der Waals surface area contributed by atoms with E-state index in [1.807, 2.05) is 0 Å². The van der Waals surface area contributed by atoms with Gasteiger partial charge in [-0.2, -0.15) is 0 Å². The molecule has 216 valence electrons. The first kappa shape index (κ1) is 28.8. The van der Waals surface area contributed by atoms with Crippen molar-refractivity contribution >= 4 is 41.6 Å². The SMILES string of the molecule is CC(C)OC(=O)NCC1CN(c2cc(F)c(N3CCN(C(=O)CNC(=O)C4=CCC=NC4)CC3)c(F)c2)C(=O)O1. The predicted octanol–water partition coefficient (Wildman–Crippen LogP) is 1.59. The van der Waals surface area contributed by atoms with Gasteiger partial charge in [-0.25, -0.2) is 18.4 Å². The fourth-order valence-corrected chi connectivity index (χ4v) is 4.52. The first-order chi connectivity index (χ1) is 19.1. The fourth-order valence-electron chi connectivity index (χ4n) is 4.52. The number of ether oxygens (including phenoxy) is 2. The minimum absolute atomic E-state index is 0.0131. The lowest BCUT2D eigenvalue weighted by Crippen LogP contribution is -2.51. The molecule has 3 aliphatic heterocycles. The number of nitrogens with one attached hydrogen (secondary N) is 2. The molecule has 2 fully saturated rings. The Labute approximate surface area is 230 Å². The van der Waals surface area contributed by atoms with Gasteiger partial charge in [-0.05, 0) is 13.8 Å². The van der Waals surface area contributed by atoms with E-state index in [0.717, 1.165) is 17.0 Å². The number of nitrogens with zero attached hydrogens (tertiary/aromatic N) is 4. The van der Waals surface area contributed by atoms with E-state index in [-0.39, 0.29) is 81.7 Å². The van der Waals surface area contributed by atoms with Gasteiger partial charge in [0.25, 0.3) is 0 Å². The normalized spacial score (nSPS) is 18.9. The minimum atomic E-state index is -0.861. The second-order valence-corrected chi connectivity index (χ2v) is 9.75. The molecule has 40 heavy (non-hydrogen) atoms. The molecule has 2 saturated heterocycles. The standard InChI is InChI=1S/C26H32F2N6O6/c1-16(2)39-25(37)31-13-19-15-34(26(38)40-19)18-10-20(27)23(21(28)11-18)33-8-6-32(7-9-33)22(35)14-30-24(36)17-4-3-5-29-12-17/h4-5,10-11,16,19H,3,6-9,12-15H2,1-2H3,(H,30,36)(H,31,37). The number of piperazine rings is 1. The number of cyclic esters (lactones) is 1. The largest absolute Gasteiger partial charge is 0.447 e. The summed E-state index contributed by atoms with van der Waals surface area (Å²) in [6, 6.07) is 2.11. The Balaban J connectivity index is 1.29. The van der Waals surface area contributed by atoms with E-state index in [9.17, 15) is 19.2 Å². The Hall–Kier alpha value is -4.23. The number of allylic oxidation sites excluding steroid dienone is 1. The zero-order valence-corrected chi connectivity index (χ0v) is 22.3. The van der Waals surface area contributed by atoms with Crippen molar-refractivity contribution in [1.82, 2.24) is 15.5 Å². The number of amides is 4. The highest BCUT2D eigenvalue weighted by Gasteiger charge is 2.34. The molecule has 14 heteroatoms. The summed E-state index contributed by atoms with van der Waals surface area (Å²) in [6.07, 6.45) is 1.56. The maximum absolute atomic E-state index is 15.1. The first-order valence-corrected chi connectivity index (χ1v) is 13.0. The van der Waals surface area contributed by atoms with Crippen LogP contribution in [0.1, 0.15) is 20.3 Å². The summed E-state index contributed by atoms with van der Waals surface area (Å²) in [5.74, 6) is -2.36. The number of halogens is 2. The van der Waals surface area contributed by atoms with Gasteiger partial charge in [0.1, 0.15) is 11.8 Å². The molecule has 4 rings (SSSR count). The number of hydrogen-bond donors (Lipinski definition) is 2. The van der Waals surface area contributed by atoms with Crippen LogP contribution in [0.2, 0.25) is 0 Å². The van der Waals surface area contributed by atoms with E-state index >= 15 is 8.78 Å². The fraction of sp³-hybridized carbons (Fsp3) is 0.500. The highest BCUT2D eigenvalue weighted by atomic mass is 19.1. The van der Waals surface area contributed by atoms with Crippen LogP contribution in [-0.2, 0) is 19.1 Å². The van der Waals surface area contributed by atoms with Gasteiger partial charge in [-0.3, -0.25) is 19.5 Å². The topological polar surface area (TPSA) is 133 Å². The van der Waals surface area contributed by atoms with Crippen LogP contribution in [-0.4, -0.2) is 99.7 Å². The van der Waals surface area contributed by atoms with Gasteiger partial charge >= 0.3 is 12.2 Å². The molecule has 0 aliphatic carbocycles. The van der Waals surface area contributed by atoms with Crippen molar-refractivity contribution in [2.45, 2.75) is 32.5 Å². The van der Waals surface area contributed by atoms with Crippen molar-refractivity contribution in [3.05, 3.63) is 35.4 Å². The third-order valence-corrected chi connectivity index (χ3v) is 6.51. The van der Waals surface area contributed by atoms with E-state index in [0.29, 0.717) is 12.0 Å². The molecular formula is C26H32F2N6O6. The summed E-state index contributed by atoms with van der Waals surface area (Å²) >= 11 is 0. The molecule has 1 unspecified atom stereocenters. The van der Waals surface area contributed by atoms with E-state index in [4.69, 9.17) is 9.47 Å². The van der Waals surface area contributed by atoms with Gasteiger partial charge in [-0.15, -0.1) is 0 Å². The molecule has 4 amide bonds. The van der Waals surface area contributed by atoms with Gasteiger partial charge in [-0.1, -0.05) is 6.08 Å². The number of anilines is 2. The molecular weight excluding hydrogens is 530 g/mol. The number of rotatable bonds is 8. The van der Waals surface area contributed by atoms with Gasteiger partial charge in [0.2, 0.25) is 11.8 Å². The summed E-state index contributed by atoms with van der Waals surface area (Å²) in [6.45, 7) is 4.24. The molecule has 0 spiro atoms. The quantitative estimate of drug-likeness (QED) is 0.492. The Morgan fingerprint density at radius 1 is 1.12 bits per heavy atom. The maximum atomic E-state index is 15.1. The van der Waals surface area contributed by atoms with Crippen molar-refractivity contribution in [2.75, 3.05) is 62.2 Å². The number of dihydropyridines is 1. The van der Waals surface area contributed by atoms with E-state index in [1.54, 1.807) is 26.1 Å². The molecule has 1 aromatic carbocycles. The van der Waals surface area contributed by atoms with Crippen LogP contribution >= 0.6 is 0 Å². The predicted molar refractivity (Wildman–Crippen MR) is 141 cm³/mol. The number of benzene rings is 1. The summed E-state index contributed by atoms with van der Waals surface area (Å²) in [4.78, 5) is 56.9. The van der Waals surface area contributed by atoms with Crippen LogP contribution < -0.4 is 20.4 Å². The second kappa shape index (κ2) is 12.7. The molecule has 0 saturated carbocycles. The lowest BCUT2D eigenvalue weighted by atomic mass is 10.1. The Morgan fingerprint density at radius 2 is 1.82 bits per heavy atom. The lowest BCUT2D eigenvalue weighted by molar-refractivity contribution is -0.132. The zero-order chi connectivity index (χ0) is 28.8. The van der Waals surface area contributed by atoms with Crippen molar-refractivity contribution in [3.8, 4) is 0 Å². The van der Waals surface area contributed by atoms with Crippen LogP contribution in [0.3, 0.4) is 0 Å². The van der Waals surface area contributed by atoms with E-state index < -0.39 is 29.9 Å². The van der Waals surface area contributed by atoms with Gasteiger partial charge in [0, 0.05) is 56.5 Å². The lowest BCUT2D eigenvalue weighted by Gasteiger charge is -2.36. The third-order valence-electron chi connectivity index (χ3n) is 6.51. The van der Waals surface area contributed by atoms with Crippen LogP contribution in [0.15, 0.2) is 28.8 Å². The van der Waals surface area contributed by atoms with E-state index in [2.05, 4.69) is 15.6 Å². The molecule has 0 bridgehead atoms. The van der Waals surface area contributed by atoms with Gasteiger partial charge in [0.05, 0.1) is 38.0 Å². The van der Waals surface area contributed by atoms with Crippen LogP contribution in [0.25, 0.3) is 0 Å². The number of alkyl carbamates (subject to hydrolysis) is 1. The number of carbonyl (C=O) groups excluding carboxylic acids is 4. The highest BCUT2D eigenvalue weighted by Crippen LogP contribution is 2.31. The number of hydrogen-bond acceptors (Lipinski definition) is 8. The zero-order valence-electron chi connectivity index (χ0n) is 22.3. The third kappa shape index (κ3) is 7.04. The molecule has 1 aromatic rings. The molecule has 0 aromatic heterocycles. The molecule has 2 N–H and O–H groups in total. The average Bonchev–Trinajstić information content (AvgIpc) is 3.30. The van der Waals surface area contributed by atoms with Crippen molar-refractivity contribution < 1.29 is 37.4 Å². The van der Waals surface area contributed by atoms with Crippen LogP contribution in [0, 0.1) is 11.6 Å². The highest BCUT2D eigenvalue weighted by molar-refractivity contribution is 5.97.